The number of aliphatic carboxylic acids is 1. The van der Waals surface area contributed by atoms with E-state index >= 15 is 0 Å². The molecule has 0 aliphatic carbocycles. The van der Waals surface area contributed by atoms with Crippen molar-refractivity contribution in [3.63, 3.8) is 0 Å². The third kappa shape index (κ3) is 18.5. The van der Waals surface area contributed by atoms with Crippen LogP contribution in [0.3, 0.4) is 0 Å². The molecule has 0 amide bonds. The number of hydrogen-bond donors (Lipinski definition) is 2. The highest BCUT2D eigenvalue weighted by Crippen LogP contribution is 2.12. The van der Waals surface area contributed by atoms with Gasteiger partial charge in [-0.05, 0) is 24.3 Å². The van der Waals surface area contributed by atoms with Gasteiger partial charge in [0.25, 0.3) is 0 Å². The molecule has 1 aromatic carbocycles. The number of carboxylic acids is 1. The van der Waals surface area contributed by atoms with Gasteiger partial charge < -0.3 is 44.0 Å². The van der Waals surface area contributed by atoms with Gasteiger partial charge in [0.15, 0.2) is 0 Å². The number of nitrogens with two attached hydrogens (primary N) is 1. The van der Waals surface area contributed by atoms with Crippen LogP contribution in [0.2, 0.25) is 0 Å². The number of benzene rings is 1. The van der Waals surface area contributed by atoms with Gasteiger partial charge in [-0.25, -0.2) is 0 Å². The molecule has 0 aliphatic heterocycles. The molecule has 0 aromatic heterocycles. The van der Waals surface area contributed by atoms with E-state index in [1.807, 2.05) is 12.1 Å². The predicted octanol–water partition coefficient (Wildman–Crippen LogP) is 1.22. The van der Waals surface area contributed by atoms with Crippen molar-refractivity contribution >= 4 is 11.7 Å². The van der Waals surface area contributed by atoms with Gasteiger partial charge in [-0.15, -0.1) is 0 Å². The second-order valence-corrected chi connectivity index (χ2v) is 6.24. The average molecular weight is 446 g/mol. The Labute approximate surface area is 183 Å². The summed E-state index contributed by atoms with van der Waals surface area (Å²) in [5.41, 5.74) is 6.32. The Morgan fingerprint density at radius 3 is 1.35 bits per heavy atom. The molecule has 0 unspecified atom stereocenters. The average Bonchev–Trinajstić information content (AvgIpc) is 2.76. The van der Waals surface area contributed by atoms with Crippen molar-refractivity contribution in [2.24, 2.45) is 0 Å². The molecule has 0 aliphatic rings. The maximum absolute atomic E-state index is 10.3. The van der Waals surface area contributed by atoms with E-state index in [2.05, 4.69) is 0 Å². The summed E-state index contributed by atoms with van der Waals surface area (Å²) >= 11 is 0. The number of carboxylic acid groups (broad SMARTS) is 1. The maximum Gasteiger partial charge on any atom is 0.305 e. The molecular formula is C21H35NO9. The van der Waals surface area contributed by atoms with Crippen molar-refractivity contribution in [2.45, 2.75) is 6.42 Å². The summed E-state index contributed by atoms with van der Waals surface area (Å²) in [4.78, 5) is 10.3. The van der Waals surface area contributed by atoms with E-state index in [-0.39, 0.29) is 13.0 Å². The van der Waals surface area contributed by atoms with E-state index in [0.717, 1.165) is 5.75 Å². The molecule has 178 valence electrons. The minimum atomic E-state index is -0.870. The van der Waals surface area contributed by atoms with Crippen LogP contribution in [0.1, 0.15) is 6.42 Å². The van der Waals surface area contributed by atoms with Crippen LogP contribution >= 0.6 is 0 Å². The summed E-state index contributed by atoms with van der Waals surface area (Å²) in [6, 6.07) is 7.23. The normalized spacial score (nSPS) is 11.0. The number of nitrogen functional groups attached to an aromatic ring is 1. The molecule has 0 atom stereocenters. The van der Waals surface area contributed by atoms with Crippen LogP contribution in [-0.2, 0) is 33.2 Å². The molecule has 0 spiro atoms. The lowest BCUT2D eigenvalue weighted by Crippen LogP contribution is -2.15. The first-order chi connectivity index (χ1) is 15.2. The number of hydrogen-bond acceptors (Lipinski definition) is 9. The smallest absolute Gasteiger partial charge is 0.305 e. The lowest BCUT2D eigenvalue weighted by atomic mass is 10.3. The van der Waals surface area contributed by atoms with E-state index < -0.39 is 5.97 Å². The molecule has 31 heavy (non-hydrogen) atoms. The molecule has 10 heteroatoms. The van der Waals surface area contributed by atoms with Crippen molar-refractivity contribution in [2.75, 3.05) is 91.6 Å². The molecule has 0 bridgehead atoms. The van der Waals surface area contributed by atoms with Crippen molar-refractivity contribution in [3.05, 3.63) is 24.3 Å². The monoisotopic (exact) mass is 445 g/mol. The number of rotatable bonds is 22. The summed E-state index contributed by atoms with van der Waals surface area (Å²) in [6.45, 7) is 5.82. The zero-order valence-corrected chi connectivity index (χ0v) is 18.0. The zero-order chi connectivity index (χ0) is 22.4. The largest absolute Gasteiger partial charge is 0.491 e. The SMILES string of the molecule is Nc1ccc(OCCOCCOCCOCCOCCOCCOCCC(=O)O)cc1. The van der Waals surface area contributed by atoms with Crippen molar-refractivity contribution in [1.29, 1.82) is 0 Å². The lowest BCUT2D eigenvalue weighted by molar-refractivity contribution is -0.138. The Kier molecular flexibility index (Phi) is 17.5. The Balaban J connectivity index is 1.69. The maximum atomic E-state index is 10.3. The van der Waals surface area contributed by atoms with Gasteiger partial charge in [0.1, 0.15) is 12.4 Å². The Hall–Kier alpha value is -1.95. The Bertz CT molecular complexity index is 542. The topological polar surface area (TPSA) is 128 Å². The molecule has 10 nitrogen and oxygen atoms in total. The molecule has 1 aromatic rings. The molecular weight excluding hydrogens is 410 g/mol. The molecule has 0 saturated heterocycles. The molecule has 0 heterocycles. The van der Waals surface area contributed by atoms with Gasteiger partial charge in [0.2, 0.25) is 0 Å². The molecule has 0 fully saturated rings. The third-order valence-corrected chi connectivity index (χ3v) is 3.70. The first-order valence-electron chi connectivity index (χ1n) is 10.3. The predicted molar refractivity (Wildman–Crippen MR) is 114 cm³/mol. The fraction of sp³-hybridized carbons (Fsp3) is 0.667. The van der Waals surface area contributed by atoms with Crippen LogP contribution in [0.15, 0.2) is 24.3 Å². The number of carbonyl (C=O) groups is 1. The van der Waals surface area contributed by atoms with Crippen LogP contribution in [0.25, 0.3) is 0 Å². The van der Waals surface area contributed by atoms with Crippen molar-refractivity contribution < 1.29 is 43.1 Å². The van der Waals surface area contributed by atoms with Crippen molar-refractivity contribution in [3.8, 4) is 5.75 Å². The second kappa shape index (κ2) is 20.0. The van der Waals surface area contributed by atoms with E-state index in [0.29, 0.717) is 85.0 Å². The van der Waals surface area contributed by atoms with Crippen LogP contribution < -0.4 is 10.5 Å². The van der Waals surface area contributed by atoms with Crippen LogP contribution in [0, 0.1) is 0 Å². The van der Waals surface area contributed by atoms with E-state index in [1.54, 1.807) is 12.1 Å². The zero-order valence-electron chi connectivity index (χ0n) is 18.0. The van der Waals surface area contributed by atoms with Crippen LogP contribution in [0.5, 0.6) is 5.75 Å². The summed E-state index contributed by atoms with van der Waals surface area (Å²) in [5, 5.41) is 8.44. The Morgan fingerprint density at radius 2 is 0.968 bits per heavy atom. The first-order valence-corrected chi connectivity index (χ1v) is 10.3. The van der Waals surface area contributed by atoms with Gasteiger partial charge in [-0.1, -0.05) is 0 Å². The fourth-order valence-corrected chi connectivity index (χ4v) is 2.14. The lowest BCUT2D eigenvalue weighted by Gasteiger charge is -2.09. The second-order valence-electron chi connectivity index (χ2n) is 6.24. The molecule has 0 radical (unpaired) electrons. The van der Waals surface area contributed by atoms with Crippen molar-refractivity contribution in [1.82, 2.24) is 0 Å². The van der Waals surface area contributed by atoms with Gasteiger partial charge in [-0.3, -0.25) is 4.79 Å². The third-order valence-electron chi connectivity index (χ3n) is 3.70. The van der Waals surface area contributed by atoms with Gasteiger partial charge >= 0.3 is 5.97 Å². The highest BCUT2D eigenvalue weighted by molar-refractivity contribution is 5.66. The number of anilines is 1. The van der Waals surface area contributed by atoms with Crippen LogP contribution in [-0.4, -0.2) is 97.0 Å². The fourth-order valence-electron chi connectivity index (χ4n) is 2.14. The van der Waals surface area contributed by atoms with E-state index in [1.165, 1.54) is 0 Å². The van der Waals surface area contributed by atoms with E-state index in [9.17, 15) is 4.79 Å². The van der Waals surface area contributed by atoms with Gasteiger partial charge in [-0.2, -0.15) is 0 Å². The summed E-state index contributed by atoms with van der Waals surface area (Å²) in [6.07, 6.45) is 0.00333. The quantitative estimate of drug-likeness (QED) is 0.199. The Morgan fingerprint density at radius 1 is 0.613 bits per heavy atom. The van der Waals surface area contributed by atoms with Gasteiger partial charge in [0.05, 0.1) is 85.7 Å². The minimum absolute atomic E-state index is 0.00333. The molecule has 3 N–H and O–H groups in total. The summed E-state index contributed by atoms with van der Waals surface area (Å²) in [5.74, 6) is -0.104. The summed E-state index contributed by atoms with van der Waals surface area (Å²) in [7, 11) is 0. The van der Waals surface area contributed by atoms with Gasteiger partial charge in [0, 0.05) is 5.69 Å². The van der Waals surface area contributed by atoms with E-state index in [4.69, 9.17) is 44.0 Å². The minimum Gasteiger partial charge on any atom is -0.491 e. The highest BCUT2D eigenvalue weighted by Gasteiger charge is 1.97. The summed E-state index contributed by atoms with van der Waals surface area (Å²) < 4.78 is 37.5. The standard InChI is InChI=1S/C21H35NO9/c22-19-1-3-20(4-2-19)31-18-17-30-16-15-29-14-13-28-12-11-27-10-9-26-8-7-25-6-5-21(23)24/h1-4H,5-18,22H2,(H,23,24). The van der Waals surface area contributed by atoms with Crippen LogP contribution in [0.4, 0.5) is 5.69 Å². The highest BCUT2D eigenvalue weighted by atomic mass is 16.6. The first kappa shape index (κ1) is 27.1. The number of ether oxygens (including phenoxy) is 7. The molecule has 0 saturated carbocycles. The molecule has 1 rings (SSSR count).